The molecule has 0 bridgehead atoms. The summed E-state index contributed by atoms with van der Waals surface area (Å²) in [5, 5.41) is 41.0. The number of hydrogen-bond donors (Lipinski definition) is 4. The SMILES string of the molecule is OCC(O)C(O)[C@@H]1C[C@H]2CON(Cc3ccccc3)[C@H]2[C@@H]1O. The van der Waals surface area contributed by atoms with Crippen LogP contribution in [-0.2, 0) is 11.4 Å². The number of rotatable bonds is 5. The van der Waals surface area contributed by atoms with Crippen LogP contribution in [0.25, 0.3) is 0 Å². The van der Waals surface area contributed by atoms with Crippen LogP contribution in [0.2, 0.25) is 0 Å². The second-order valence-corrected chi connectivity index (χ2v) is 6.24. The van der Waals surface area contributed by atoms with Crippen LogP contribution in [0.15, 0.2) is 30.3 Å². The van der Waals surface area contributed by atoms with Crippen LogP contribution >= 0.6 is 0 Å². The van der Waals surface area contributed by atoms with Crippen molar-refractivity contribution >= 4 is 0 Å². The molecule has 2 unspecified atom stereocenters. The van der Waals surface area contributed by atoms with Gasteiger partial charge < -0.3 is 20.4 Å². The molecular weight excluding hydrogens is 286 g/mol. The molecule has 1 aromatic rings. The third-order valence-corrected chi connectivity index (χ3v) is 4.83. The fourth-order valence-corrected chi connectivity index (χ4v) is 3.66. The summed E-state index contributed by atoms with van der Waals surface area (Å²) < 4.78 is 0. The molecule has 122 valence electrons. The summed E-state index contributed by atoms with van der Waals surface area (Å²) in [7, 11) is 0. The molecule has 4 N–H and O–H groups in total. The van der Waals surface area contributed by atoms with Crippen LogP contribution < -0.4 is 0 Å². The van der Waals surface area contributed by atoms with Crippen molar-refractivity contribution in [1.82, 2.24) is 5.06 Å². The summed E-state index contributed by atoms with van der Waals surface area (Å²) in [5.74, 6) is -0.316. The van der Waals surface area contributed by atoms with E-state index in [0.29, 0.717) is 19.6 Å². The number of aliphatic hydroxyl groups is 4. The lowest BCUT2D eigenvalue weighted by molar-refractivity contribution is -0.169. The minimum absolute atomic E-state index is 0.129. The van der Waals surface area contributed by atoms with Gasteiger partial charge in [0, 0.05) is 18.4 Å². The Kier molecular flexibility index (Phi) is 4.77. The monoisotopic (exact) mass is 309 g/mol. The number of aliphatic hydroxyl groups excluding tert-OH is 4. The zero-order valence-corrected chi connectivity index (χ0v) is 12.3. The van der Waals surface area contributed by atoms with Gasteiger partial charge in [-0.2, -0.15) is 5.06 Å². The molecule has 1 aromatic carbocycles. The molecule has 0 amide bonds. The Bertz CT molecular complexity index is 485. The van der Waals surface area contributed by atoms with E-state index < -0.39 is 30.8 Å². The van der Waals surface area contributed by atoms with Crippen molar-refractivity contribution in [1.29, 1.82) is 0 Å². The van der Waals surface area contributed by atoms with Gasteiger partial charge in [-0.15, -0.1) is 0 Å². The largest absolute Gasteiger partial charge is 0.394 e. The van der Waals surface area contributed by atoms with Crippen LogP contribution in [0.3, 0.4) is 0 Å². The van der Waals surface area contributed by atoms with Crippen LogP contribution in [0.5, 0.6) is 0 Å². The fourth-order valence-electron chi connectivity index (χ4n) is 3.66. The molecule has 2 fully saturated rings. The summed E-state index contributed by atoms with van der Waals surface area (Å²) in [6, 6.07) is 9.67. The van der Waals surface area contributed by atoms with Gasteiger partial charge >= 0.3 is 0 Å². The van der Waals surface area contributed by atoms with E-state index in [4.69, 9.17) is 9.94 Å². The lowest BCUT2D eigenvalue weighted by Crippen LogP contribution is -2.45. The highest BCUT2D eigenvalue weighted by Gasteiger charge is 2.52. The van der Waals surface area contributed by atoms with Gasteiger partial charge in [0.15, 0.2) is 0 Å². The topological polar surface area (TPSA) is 93.4 Å². The molecular formula is C16H23NO5. The molecule has 2 aliphatic rings. The molecule has 0 spiro atoms. The average Bonchev–Trinajstić information content (AvgIpc) is 3.08. The molecule has 1 aliphatic heterocycles. The lowest BCUT2D eigenvalue weighted by Gasteiger charge is -2.30. The molecule has 1 saturated carbocycles. The summed E-state index contributed by atoms with van der Waals surface area (Å²) in [6.45, 7) is 0.571. The van der Waals surface area contributed by atoms with Gasteiger partial charge in [-0.3, -0.25) is 4.84 Å². The van der Waals surface area contributed by atoms with E-state index in [1.165, 1.54) is 0 Å². The third kappa shape index (κ3) is 2.90. The summed E-state index contributed by atoms with van der Waals surface area (Å²) in [5.41, 5.74) is 1.09. The lowest BCUT2D eigenvalue weighted by atomic mass is 9.93. The van der Waals surface area contributed by atoms with Gasteiger partial charge in [0.05, 0.1) is 31.5 Å². The van der Waals surface area contributed by atoms with Crippen molar-refractivity contribution < 1.29 is 25.3 Å². The highest BCUT2D eigenvalue weighted by molar-refractivity contribution is 5.15. The molecule has 1 aliphatic carbocycles. The van der Waals surface area contributed by atoms with Gasteiger partial charge in [-0.25, -0.2) is 0 Å². The zero-order valence-electron chi connectivity index (χ0n) is 12.3. The van der Waals surface area contributed by atoms with E-state index in [9.17, 15) is 15.3 Å². The number of nitrogens with zero attached hydrogens (tertiary/aromatic N) is 1. The van der Waals surface area contributed by atoms with Gasteiger partial charge in [0.25, 0.3) is 0 Å². The molecule has 0 radical (unpaired) electrons. The molecule has 6 nitrogen and oxygen atoms in total. The van der Waals surface area contributed by atoms with Crippen molar-refractivity contribution in [2.45, 2.75) is 37.3 Å². The molecule has 6 atom stereocenters. The van der Waals surface area contributed by atoms with E-state index in [0.717, 1.165) is 5.56 Å². The van der Waals surface area contributed by atoms with Crippen molar-refractivity contribution in [3.8, 4) is 0 Å². The van der Waals surface area contributed by atoms with E-state index in [-0.39, 0.29) is 12.0 Å². The Balaban J connectivity index is 1.69. The van der Waals surface area contributed by atoms with Gasteiger partial charge in [0.2, 0.25) is 0 Å². The number of hydroxylamine groups is 2. The number of benzene rings is 1. The van der Waals surface area contributed by atoms with Crippen molar-refractivity contribution in [3.05, 3.63) is 35.9 Å². The first kappa shape index (κ1) is 15.9. The molecule has 1 saturated heterocycles. The second-order valence-electron chi connectivity index (χ2n) is 6.24. The molecule has 22 heavy (non-hydrogen) atoms. The van der Waals surface area contributed by atoms with Gasteiger partial charge in [-0.1, -0.05) is 30.3 Å². The summed E-state index contributed by atoms with van der Waals surface area (Å²) in [4.78, 5) is 5.69. The maximum atomic E-state index is 10.5. The highest BCUT2D eigenvalue weighted by Crippen LogP contribution is 2.42. The van der Waals surface area contributed by atoms with Crippen LogP contribution in [-0.4, -0.2) is 63.1 Å². The van der Waals surface area contributed by atoms with Crippen molar-refractivity contribution in [3.63, 3.8) is 0 Å². The standard InChI is InChI=1S/C16H23NO5/c18-8-13(19)15(20)12-6-11-9-22-17(14(11)16(12)21)7-10-4-2-1-3-5-10/h1-5,11-16,18-21H,6-9H2/t11-,12-,13?,14+,15?,16+/m0/s1. The summed E-state index contributed by atoms with van der Waals surface area (Å²) in [6.07, 6.45) is -2.55. The predicted molar refractivity (Wildman–Crippen MR) is 78.4 cm³/mol. The smallest absolute Gasteiger partial charge is 0.103 e. The first-order valence-electron chi connectivity index (χ1n) is 7.70. The van der Waals surface area contributed by atoms with E-state index in [1.54, 1.807) is 5.06 Å². The van der Waals surface area contributed by atoms with Crippen LogP contribution in [0.1, 0.15) is 12.0 Å². The van der Waals surface area contributed by atoms with Crippen LogP contribution in [0, 0.1) is 11.8 Å². The van der Waals surface area contributed by atoms with Gasteiger partial charge in [0.1, 0.15) is 6.10 Å². The van der Waals surface area contributed by atoms with Crippen molar-refractivity contribution in [2.24, 2.45) is 11.8 Å². The van der Waals surface area contributed by atoms with E-state index in [1.807, 2.05) is 30.3 Å². The minimum atomic E-state index is -1.22. The maximum absolute atomic E-state index is 10.5. The normalized spacial score (nSPS) is 34.5. The second kappa shape index (κ2) is 6.62. The quantitative estimate of drug-likeness (QED) is 0.587. The zero-order chi connectivity index (χ0) is 15.7. The molecule has 3 rings (SSSR count). The Labute approximate surface area is 129 Å². The Morgan fingerprint density at radius 2 is 1.95 bits per heavy atom. The maximum Gasteiger partial charge on any atom is 0.103 e. The third-order valence-electron chi connectivity index (χ3n) is 4.83. The fraction of sp³-hybridized carbons (Fsp3) is 0.625. The van der Waals surface area contributed by atoms with E-state index >= 15 is 0 Å². The first-order chi connectivity index (χ1) is 10.6. The van der Waals surface area contributed by atoms with E-state index in [2.05, 4.69) is 0 Å². The molecule has 0 aromatic heterocycles. The Hall–Kier alpha value is -1.02. The first-order valence-corrected chi connectivity index (χ1v) is 7.70. The predicted octanol–water partition coefficient (Wildman–Crippen LogP) is -0.487. The molecule has 6 heteroatoms. The Morgan fingerprint density at radius 3 is 2.64 bits per heavy atom. The number of fused-ring (bicyclic) bond motifs is 1. The van der Waals surface area contributed by atoms with Crippen molar-refractivity contribution in [2.75, 3.05) is 13.2 Å². The minimum Gasteiger partial charge on any atom is -0.394 e. The van der Waals surface area contributed by atoms with Gasteiger partial charge in [-0.05, 0) is 12.0 Å². The summed E-state index contributed by atoms with van der Waals surface area (Å²) >= 11 is 0. The Morgan fingerprint density at radius 1 is 1.23 bits per heavy atom. The molecule has 1 heterocycles. The number of hydrogen-bond acceptors (Lipinski definition) is 6. The average molecular weight is 309 g/mol. The highest BCUT2D eigenvalue weighted by atomic mass is 16.7. The van der Waals surface area contributed by atoms with Crippen LogP contribution in [0.4, 0.5) is 0 Å².